The van der Waals surface area contributed by atoms with Gasteiger partial charge in [0.15, 0.2) is 11.6 Å². The van der Waals surface area contributed by atoms with Crippen LogP contribution in [0.1, 0.15) is 34.3 Å². The van der Waals surface area contributed by atoms with Crippen molar-refractivity contribution in [3.05, 3.63) is 52.8 Å². The molecule has 2 aromatic heterocycles. The van der Waals surface area contributed by atoms with E-state index in [1.165, 1.54) is 29.3 Å². The number of carbonyl (C=O) groups excluding carboxylic acids is 1. The number of aryl methyl sites for hydroxylation is 2. The molecule has 152 valence electrons. The number of nitrogens with one attached hydrogen (secondary N) is 1. The van der Waals surface area contributed by atoms with E-state index in [4.69, 9.17) is 4.98 Å². The molecule has 1 saturated carbocycles. The lowest BCUT2D eigenvalue weighted by atomic mass is 9.99. The highest BCUT2D eigenvalue weighted by atomic mass is 19.1. The molecule has 6 heteroatoms. The predicted molar refractivity (Wildman–Crippen MR) is 115 cm³/mol. The Labute approximate surface area is 173 Å². The van der Waals surface area contributed by atoms with Crippen molar-refractivity contribution < 1.29 is 9.18 Å². The molecule has 1 amide bonds. The molecule has 30 heavy (non-hydrogen) atoms. The highest BCUT2D eigenvalue weighted by molar-refractivity contribution is 6.01. The third-order valence-electron chi connectivity index (χ3n) is 6.53. The molecule has 1 fully saturated rings. The molecular weight excluding hydrogens is 379 g/mol. The van der Waals surface area contributed by atoms with Crippen LogP contribution in [-0.2, 0) is 20.0 Å². The second-order valence-electron chi connectivity index (χ2n) is 8.73. The Hall–Kier alpha value is -3.15. The van der Waals surface area contributed by atoms with Gasteiger partial charge in [0.05, 0.1) is 11.2 Å². The van der Waals surface area contributed by atoms with E-state index in [2.05, 4.69) is 41.1 Å². The van der Waals surface area contributed by atoms with Crippen molar-refractivity contribution in [3.8, 4) is 11.5 Å². The second-order valence-corrected chi connectivity index (χ2v) is 8.73. The van der Waals surface area contributed by atoms with Gasteiger partial charge < -0.3 is 14.5 Å². The summed E-state index contributed by atoms with van der Waals surface area (Å²) in [5.74, 6) is 0.894. The summed E-state index contributed by atoms with van der Waals surface area (Å²) in [7, 11) is 1.87. The fourth-order valence-electron chi connectivity index (χ4n) is 4.74. The summed E-state index contributed by atoms with van der Waals surface area (Å²) in [6.07, 6.45) is 3.01. The molecule has 0 radical (unpaired) electrons. The lowest BCUT2D eigenvalue weighted by molar-refractivity contribution is 0.0945. The molecule has 0 saturated heterocycles. The van der Waals surface area contributed by atoms with E-state index in [1.54, 1.807) is 6.07 Å². The minimum absolute atomic E-state index is 0.220. The summed E-state index contributed by atoms with van der Waals surface area (Å²) in [4.78, 5) is 17.1. The van der Waals surface area contributed by atoms with Crippen LogP contribution < -0.4 is 5.32 Å². The van der Waals surface area contributed by atoms with Gasteiger partial charge in [-0.1, -0.05) is 12.1 Å². The zero-order valence-electron chi connectivity index (χ0n) is 17.1. The average Bonchev–Trinajstić information content (AvgIpc) is 3.39. The zero-order valence-corrected chi connectivity index (χ0v) is 17.1. The first-order valence-electron chi connectivity index (χ1n) is 10.6. The van der Waals surface area contributed by atoms with Crippen molar-refractivity contribution in [2.75, 3.05) is 6.54 Å². The zero-order chi connectivity index (χ0) is 20.6. The fraction of sp³-hybridized carbons (Fsp3) is 0.333. The molecule has 1 aliphatic carbocycles. The van der Waals surface area contributed by atoms with Crippen LogP contribution in [0.2, 0.25) is 0 Å². The van der Waals surface area contributed by atoms with E-state index in [9.17, 15) is 4.79 Å². The minimum Gasteiger partial charge on any atom is -0.352 e. The molecule has 0 spiro atoms. The van der Waals surface area contributed by atoms with Gasteiger partial charge in [-0.25, -0.2) is 9.37 Å². The largest absolute Gasteiger partial charge is 0.352 e. The Bertz CT molecular complexity index is 1360. The number of benzene rings is 2. The van der Waals surface area contributed by atoms with Crippen molar-refractivity contribution in [2.45, 2.75) is 32.7 Å². The maximum Gasteiger partial charge on any atom is 0.251 e. The highest BCUT2D eigenvalue weighted by Crippen LogP contribution is 2.37. The Morgan fingerprint density at radius 1 is 1.23 bits per heavy atom. The average molecular weight is 402 g/mol. The second kappa shape index (κ2) is 6.17. The minimum atomic E-state index is -0.320. The molecule has 2 aliphatic rings. The van der Waals surface area contributed by atoms with E-state index < -0.39 is 0 Å². The van der Waals surface area contributed by atoms with Crippen molar-refractivity contribution in [1.82, 2.24) is 19.4 Å². The van der Waals surface area contributed by atoms with Gasteiger partial charge in [-0.2, -0.15) is 0 Å². The number of halogens is 1. The van der Waals surface area contributed by atoms with Gasteiger partial charge >= 0.3 is 0 Å². The van der Waals surface area contributed by atoms with Crippen LogP contribution in [-0.4, -0.2) is 26.6 Å². The van der Waals surface area contributed by atoms with Gasteiger partial charge in [-0.3, -0.25) is 4.79 Å². The van der Waals surface area contributed by atoms with E-state index in [1.807, 2.05) is 11.6 Å². The molecule has 0 unspecified atom stereocenters. The van der Waals surface area contributed by atoms with Gasteiger partial charge in [-0.05, 0) is 55.9 Å². The molecule has 0 bridgehead atoms. The Morgan fingerprint density at radius 2 is 2.07 bits per heavy atom. The number of hydrogen-bond acceptors (Lipinski definition) is 2. The molecule has 4 aromatic rings. The topological polar surface area (TPSA) is 51.9 Å². The molecule has 0 atom stereocenters. The third kappa shape index (κ3) is 2.52. The van der Waals surface area contributed by atoms with Gasteiger partial charge in [-0.15, -0.1) is 0 Å². The van der Waals surface area contributed by atoms with Crippen molar-refractivity contribution in [3.63, 3.8) is 0 Å². The smallest absolute Gasteiger partial charge is 0.251 e. The van der Waals surface area contributed by atoms with Crippen LogP contribution in [0.25, 0.3) is 33.5 Å². The number of nitrogens with zero attached hydrogens (tertiary/aromatic N) is 3. The Kier molecular flexibility index (Phi) is 3.64. The van der Waals surface area contributed by atoms with Crippen molar-refractivity contribution in [1.29, 1.82) is 0 Å². The summed E-state index contributed by atoms with van der Waals surface area (Å²) >= 11 is 0. The van der Waals surface area contributed by atoms with Gasteiger partial charge in [0.25, 0.3) is 5.91 Å². The standard InChI is InChI=1S/C24H23FN4O/c1-13-3-6-15-10-20(29(19(15)9-13)12-14-4-5-14)23-27-18-11-17-16(7-8-26-24(17)30)21(25)22(18)28(23)2/h3,6,9-11,14H,4-5,7-8,12H2,1-2H3,(H,26,30). The van der Waals surface area contributed by atoms with Crippen LogP contribution in [0.15, 0.2) is 30.3 Å². The number of carbonyl (C=O) groups is 1. The molecule has 2 aromatic carbocycles. The summed E-state index contributed by atoms with van der Waals surface area (Å²) in [5, 5.41) is 3.97. The Balaban J connectivity index is 1.62. The van der Waals surface area contributed by atoms with Crippen LogP contribution in [0, 0.1) is 18.7 Å². The van der Waals surface area contributed by atoms with Crippen LogP contribution in [0.4, 0.5) is 4.39 Å². The summed E-state index contributed by atoms with van der Waals surface area (Å²) in [6.45, 7) is 3.52. The summed E-state index contributed by atoms with van der Waals surface area (Å²) in [6, 6.07) is 10.4. The normalized spacial score (nSPS) is 16.3. The first-order valence-corrected chi connectivity index (χ1v) is 10.6. The number of amides is 1. The van der Waals surface area contributed by atoms with Crippen LogP contribution >= 0.6 is 0 Å². The van der Waals surface area contributed by atoms with Gasteiger partial charge in [0.2, 0.25) is 0 Å². The predicted octanol–water partition coefficient (Wildman–Crippen LogP) is 4.34. The van der Waals surface area contributed by atoms with E-state index in [-0.39, 0.29) is 11.7 Å². The lowest BCUT2D eigenvalue weighted by Gasteiger charge is -2.17. The van der Waals surface area contributed by atoms with Crippen molar-refractivity contribution in [2.24, 2.45) is 13.0 Å². The van der Waals surface area contributed by atoms with E-state index in [0.717, 1.165) is 18.1 Å². The molecule has 1 N–H and O–H groups in total. The van der Waals surface area contributed by atoms with Crippen LogP contribution in [0.3, 0.4) is 0 Å². The Morgan fingerprint density at radius 3 is 2.87 bits per heavy atom. The molecule has 1 aliphatic heterocycles. The fourth-order valence-corrected chi connectivity index (χ4v) is 4.74. The number of imidazole rings is 1. The molecule has 3 heterocycles. The first kappa shape index (κ1) is 17.7. The number of hydrogen-bond donors (Lipinski definition) is 1. The van der Waals surface area contributed by atoms with Crippen LogP contribution in [0.5, 0.6) is 0 Å². The lowest BCUT2D eigenvalue weighted by Crippen LogP contribution is -2.32. The van der Waals surface area contributed by atoms with E-state index >= 15 is 4.39 Å². The summed E-state index contributed by atoms with van der Waals surface area (Å²) in [5.41, 5.74) is 5.32. The van der Waals surface area contributed by atoms with Gasteiger partial charge in [0, 0.05) is 42.2 Å². The first-order chi connectivity index (χ1) is 14.5. The maximum atomic E-state index is 15.4. The van der Waals surface area contributed by atoms with E-state index in [0.29, 0.717) is 41.0 Å². The van der Waals surface area contributed by atoms with Crippen molar-refractivity contribution >= 4 is 27.8 Å². The number of aromatic nitrogens is 3. The van der Waals surface area contributed by atoms with Gasteiger partial charge in [0.1, 0.15) is 5.52 Å². The third-order valence-corrected chi connectivity index (χ3v) is 6.53. The maximum absolute atomic E-state index is 15.4. The molecule has 6 rings (SSSR count). The SMILES string of the molecule is Cc1ccc2cc(-c3nc4cc5c(c(F)c4n3C)CCNC5=O)n(CC3CC3)c2c1. The highest BCUT2D eigenvalue weighted by Gasteiger charge is 2.28. The summed E-state index contributed by atoms with van der Waals surface area (Å²) < 4.78 is 19.6. The quantitative estimate of drug-likeness (QED) is 0.554. The number of rotatable bonds is 3. The molecule has 5 nitrogen and oxygen atoms in total. The monoisotopic (exact) mass is 402 g/mol. The molecular formula is C24H23FN4O. The number of fused-ring (bicyclic) bond motifs is 3.